The molecule has 1 heterocycles. The molecule has 1 aromatic carbocycles. The minimum absolute atomic E-state index is 0.00177. The number of nitrogens with two attached hydrogens (primary N) is 1. The molecule has 108 valence electrons. The summed E-state index contributed by atoms with van der Waals surface area (Å²) in [5, 5.41) is 12.5. The van der Waals surface area contributed by atoms with E-state index in [-0.39, 0.29) is 5.60 Å². The van der Waals surface area contributed by atoms with E-state index in [4.69, 9.17) is 15.7 Å². The Morgan fingerprint density at radius 2 is 2.20 bits per heavy atom. The maximum Gasteiger partial charge on any atom is 0.101 e. The summed E-state index contributed by atoms with van der Waals surface area (Å²) in [5.74, 6) is 0. The van der Waals surface area contributed by atoms with Gasteiger partial charge in [0.1, 0.15) is 6.07 Å². The Labute approximate surface area is 120 Å². The number of ether oxygens (including phenoxy) is 1. The standard InChI is InChI=1S/C16H23N3O/c1-3-16(4-2)10-14(7-8-20-16)19-13-5-6-15(18)12(9-13)11-17/h5-6,9,14,19H,3-4,7-8,10,18H2,1-2H3. The van der Waals surface area contributed by atoms with Crippen LogP contribution in [-0.4, -0.2) is 18.2 Å². The van der Waals surface area contributed by atoms with E-state index in [2.05, 4.69) is 25.2 Å². The van der Waals surface area contributed by atoms with Crippen molar-refractivity contribution in [2.45, 2.75) is 51.2 Å². The van der Waals surface area contributed by atoms with Gasteiger partial charge < -0.3 is 15.8 Å². The van der Waals surface area contributed by atoms with Crippen LogP contribution in [0, 0.1) is 11.3 Å². The molecule has 20 heavy (non-hydrogen) atoms. The minimum Gasteiger partial charge on any atom is -0.398 e. The van der Waals surface area contributed by atoms with Gasteiger partial charge in [0.05, 0.1) is 11.2 Å². The Morgan fingerprint density at radius 3 is 2.85 bits per heavy atom. The van der Waals surface area contributed by atoms with Crippen LogP contribution in [0.4, 0.5) is 11.4 Å². The lowest BCUT2D eigenvalue weighted by atomic mass is 9.86. The summed E-state index contributed by atoms with van der Waals surface area (Å²) in [6.45, 7) is 5.16. The van der Waals surface area contributed by atoms with Gasteiger partial charge in [-0.3, -0.25) is 0 Å². The van der Waals surface area contributed by atoms with Gasteiger partial charge in [-0.2, -0.15) is 5.26 Å². The zero-order chi connectivity index (χ0) is 14.6. The number of anilines is 2. The molecule has 1 aromatic rings. The molecule has 0 aliphatic carbocycles. The first-order valence-corrected chi connectivity index (χ1v) is 7.32. The van der Waals surface area contributed by atoms with Gasteiger partial charge in [0, 0.05) is 24.0 Å². The van der Waals surface area contributed by atoms with Crippen molar-refractivity contribution in [2.75, 3.05) is 17.7 Å². The number of hydrogen-bond acceptors (Lipinski definition) is 4. The van der Waals surface area contributed by atoms with Crippen LogP contribution in [0.5, 0.6) is 0 Å². The van der Waals surface area contributed by atoms with Crippen molar-refractivity contribution < 1.29 is 4.74 Å². The van der Waals surface area contributed by atoms with E-state index in [1.54, 1.807) is 6.07 Å². The molecule has 1 aliphatic rings. The van der Waals surface area contributed by atoms with Crippen molar-refractivity contribution in [1.82, 2.24) is 0 Å². The molecule has 0 saturated carbocycles. The van der Waals surface area contributed by atoms with E-state index in [1.807, 2.05) is 12.1 Å². The van der Waals surface area contributed by atoms with E-state index < -0.39 is 0 Å². The van der Waals surface area contributed by atoms with Crippen LogP contribution in [0.1, 0.15) is 45.1 Å². The van der Waals surface area contributed by atoms with Crippen molar-refractivity contribution >= 4 is 11.4 Å². The Morgan fingerprint density at radius 1 is 1.45 bits per heavy atom. The molecule has 1 atom stereocenters. The molecule has 1 unspecified atom stereocenters. The molecule has 0 amide bonds. The maximum absolute atomic E-state index is 9.03. The summed E-state index contributed by atoms with van der Waals surface area (Å²) in [4.78, 5) is 0. The second-order valence-electron chi connectivity index (χ2n) is 5.49. The Hall–Kier alpha value is -1.73. The highest BCUT2D eigenvalue weighted by atomic mass is 16.5. The SMILES string of the molecule is CCC1(CC)CC(Nc2ccc(N)c(C#N)c2)CCO1. The summed E-state index contributed by atoms with van der Waals surface area (Å²) in [5.41, 5.74) is 7.77. The van der Waals surface area contributed by atoms with Gasteiger partial charge >= 0.3 is 0 Å². The van der Waals surface area contributed by atoms with Crippen LogP contribution in [-0.2, 0) is 4.74 Å². The predicted octanol–water partition coefficient (Wildman–Crippen LogP) is 3.29. The van der Waals surface area contributed by atoms with E-state index in [9.17, 15) is 0 Å². The number of rotatable bonds is 4. The molecular formula is C16H23N3O. The molecule has 1 saturated heterocycles. The fraction of sp³-hybridized carbons (Fsp3) is 0.562. The number of nitrogens with zero attached hydrogens (tertiary/aromatic N) is 1. The summed E-state index contributed by atoms with van der Waals surface area (Å²) in [6, 6.07) is 8.05. The Balaban J connectivity index is 2.08. The first kappa shape index (κ1) is 14.7. The summed E-state index contributed by atoms with van der Waals surface area (Å²) >= 11 is 0. The molecule has 0 radical (unpaired) electrons. The molecule has 1 fully saturated rings. The normalized spacial score (nSPS) is 21.1. The zero-order valence-corrected chi connectivity index (χ0v) is 12.3. The molecule has 3 N–H and O–H groups in total. The summed E-state index contributed by atoms with van der Waals surface area (Å²) in [6.07, 6.45) is 4.07. The number of nitrogen functional groups attached to an aromatic ring is 1. The predicted molar refractivity (Wildman–Crippen MR) is 81.5 cm³/mol. The average molecular weight is 273 g/mol. The molecular weight excluding hydrogens is 250 g/mol. The quantitative estimate of drug-likeness (QED) is 0.826. The Kier molecular flexibility index (Phi) is 4.51. The number of benzene rings is 1. The zero-order valence-electron chi connectivity index (χ0n) is 12.3. The van der Waals surface area contributed by atoms with Crippen LogP contribution in [0.25, 0.3) is 0 Å². The van der Waals surface area contributed by atoms with Crippen molar-refractivity contribution in [2.24, 2.45) is 0 Å². The molecule has 2 rings (SSSR count). The first-order valence-electron chi connectivity index (χ1n) is 7.32. The van der Waals surface area contributed by atoms with Gasteiger partial charge in [-0.1, -0.05) is 13.8 Å². The topological polar surface area (TPSA) is 71.1 Å². The van der Waals surface area contributed by atoms with E-state index >= 15 is 0 Å². The molecule has 0 aromatic heterocycles. The smallest absolute Gasteiger partial charge is 0.101 e. The molecule has 4 heteroatoms. The fourth-order valence-corrected chi connectivity index (χ4v) is 2.87. The average Bonchev–Trinajstić information content (AvgIpc) is 2.49. The Bertz CT molecular complexity index is 503. The van der Waals surface area contributed by atoms with Gasteiger partial charge in [-0.05, 0) is 43.9 Å². The van der Waals surface area contributed by atoms with E-state index in [1.165, 1.54) is 0 Å². The van der Waals surface area contributed by atoms with Crippen LogP contribution < -0.4 is 11.1 Å². The number of nitriles is 1. The van der Waals surface area contributed by atoms with Crippen molar-refractivity contribution in [3.05, 3.63) is 23.8 Å². The van der Waals surface area contributed by atoms with Crippen LogP contribution in [0.2, 0.25) is 0 Å². The van der Waals surface area contributed by atoms with Crippen LogP contribution in [0.15, 0.2) is 18.2 Å². The number of nitrogens with one attached hydrogen (secondary N) is 1. The van der Waals surface area contributed by atoms with Gasteiger partial charge in [-0.25, -0.2) is 0 Å². The highest BCUT2D eigenvalue weighted by molar-refractivity contribution is 5.62. The fourth-order valence-electron chi connectivity index (χ4n) is 2.87. The third-order valence-electron chi connectivity index (χ3n) is 4.33. The third kappa shape index (κ3) is 3.05. The van der Waals surface area contributed by atoms with E-state index in [0.29, 0.717) is 17.3 Å². The van der Waals surface area contributed by atoms with Gasteiger partial charge in [0.2, 0.25) is 0 Å². The first-order chi connectivity index (χ1) is 9.62. The van der Waals surface area contributed by atoms with Crippen molar-refractivity contribution in [1.29, 1.82) is 5.26 Å². The maximum atomic E-state index is 9.03. The van der Waals surface area contributed by atoms with Gasteiger partial charge in [0.25, 0.3) is 0 Å². The molecule has 0 spiro atoms. The number of hydrogen-bond donors (Lipinski definition) is 2. The monoisotopic (exact) mass is 273 g/mol. The summed E-state index contributed by atoms with van der Waals surface area (Å²) in [7, 11) is 0. The highest BCUT2D eigenvalue weighted by Crippen LogP contribution is 2.33. The second-order valence-corrected chi connectivity index (χ2v) is 5.49. The van der Waals surface area contributed by atoms with Crippen molar-refractivity contribution in [3.63, 3.8) is 0 Å². The summed E-state index contributed by atoms with van der Waals surface area (Å²) < 4.78 is 5.98. The lowest BCUT2D eigenvalue weighted by Gasteiger charge is -2.40. The highest BCUT2D eigenvalue weighted by Gasteiger charge is 2.34. The molecule has 1 aliphatic heterocycles. The second kappa shape index (κ2) is 6.15. The lowest BCUT2D eigenvalue weighted by Crippen LogP contribution is -2.43. The minimum atomic E-state index is 0.00177. The van der Waals surface area contributed by atoms with Gasteiger partial charge in [0.15, 0.2) is 0 Å². The largest absolute Gasteiger partial charge is 0.398 e. The van der Waals surface area contributed by atoms with Crippen LogP contribution >= 0.6 is 0 Å². The van der Waals surface area contributed by atoms with Crippen LogP contribution in [0.3, 0.4) is 0 Å². The van der Waals surface area contributed by atoms with Crippen molar-refractivity contribution in [3.8, 4) is 6.07 Å². The molecule has 0 bridgehead atoms. The van der Waals surface area contributed by atoms with E-state index in [0.717, 1.165) is 38.0 Å². The lowest BCUT2D eigenvalue weighted by molar-refractivity contribution is -0.0864. The third-order valence-corrected chi connectivity index (χ3v) is 4.33. The molecule has 4 nitrogen and oxygen atoms in total. The van der Waals surface area contributed by atoms with Gasteiger partial charge in [-0.15, -0.1) is 0 Å².